The van der Waals surface area contributed by atoms with E-state index >= 15 is 0 Å². The number of anilines is 1. The normalized spacial score (nSPS) is 10.6. The molecule has 0 amide bonds. The van der Waals surface area contributed by atoms with Crippen molar-refractivity contribution < 1.29 is 10.3 Å². The molecule has 0 spiro atoms. The average Bonchev–Trinajstić information content (AvgIpc) is 2.29. The van der Waals surface area contributed by atoms with Crippen LogP contribution in [0.5, 0.6) is 0 Å². The molecular weight excluding hydrogens is 208 g/mol. The monoisotopic (exact) mass is 220 g/mol. The molecule has 0 saturated heterocycles. The first-order valence-corrected chi connectivity index (χ1v) is 4.83. The minimum atomic E-state index is -0.00416. The van der Waals surface area contributed by atoms with Gasteiger partial charge in [0.15, 0.2) is 0 Å². The largest absolute Gasteiger partial charge is 0.428 e. The Bertz CT molecular complexity index is 523. The van der Waals surface area contributed by atoms with Crippen LogP contribution in [0.1, 0.15) is 0 Å². The molecular formula is C10H12N4O2. The summed E-state index contributed by atoms with van der Waals surface area (Å²) in [4.78, 5) is 4.04. The zero-order valence-electron chi connectivity index (χ0n) is 8.51. The van der Waals surface area contributed by atoms with Gasteiger partial charge < -0.3 is 15.6 Å². The first-order chi connectivity index (χ1) is 7.74. The first-order valence-electron chi connectivity index (χ1n) is 4.83. The van der Waals surface area contributed by atoms with E-state index in [1.165, 1.54) is 12.4 Å². The lowest BCUT2D eigenvalue weighted by Crippen LogP contribution is -2.16. The number of aliphatic hydroxyl groups excluding tert-OH is 1. The summed E-state index contributed by atoms with van der Waals surface area (Å²) < 4.78 is 0.917. The quantitative estimate of drug-likeness (QED) is 0.552. The fourth-order valence-corrected chi connectivity index (χ4v) is 1.52. The highest BCUT2D eigenvalue weighted by molar-refractivity contribution is 5.72. The van der Waals surface area contributed by atoms with Crippen LogP contribution in [0, 0.1) is 5.41 Å². The lowest BCUT2D eigenvalue weighted by atomic mass is 10.1. The molecule has 0 aromatic heterocycles. The van der Waals surface area contributed by atoms with Gasteiger partial charge in [-0.25, -0.2) is 0 Å². The zero-order valence-corrected chi connectivity index (χ0v) is 8.51. The van der Waals surface area contributed by atoms with E-state index in [1.807, 2.05) is 0 Å². The van der Waals surface area contributed by atoms with E-state index in [0.29, 0.717) is 23.6 Å². The van der Waals surface area contributed by atoms with Crippen LogP contribution in [0.25, 0.3) is 11.4 Å². The van der Waals surface area contributed by atoms with Crippen LogP contribution in [0.4, 0.5) is 5.69 Å². The molecule has 6 heteroatoms. The number of benzene rings is 1. The van der Waals surface area contributed by atoms with Gasteiger partial charge in [0.2, 0.25) is 0 Å². The van der Waals surface area contributed by atoms with Gasteiger partial charge in [-0.15, -0.1) is 0 Å². The molecule has 1 aliphatic carbocycles. The molecule has 84 valence electrons. The molecule has 0 atom stereocenters. The summed E-state index contributed by atoms with van der Waals surface area (Å²) >= 11 is 0. The van der Waals surface area contributed by atoms with Crippen molar-refractivity contribution in [1.82, 2.24) is 9.71 Å². The van der Waals surface area contributed by atoms with Gasteiger partial charge in [-0.2, -0.15) is 4.73 Å². The molecule has 6 nitrogen and oxygen atoms in total. The second-order valence-corrected chi connectivity index (χ2v) is 3.28. The Morgan fingerprint density at radius 3 is 3.00 bits per heavy atom. The Hall–Kier alpha value is -2.08. The standard InChI is InChI=1S/C10H12N4O2/c11-7-1-2-8(12-4-6-15)10-9(7)13-3-5-14(10)16/h1-3,5,11-12,15-16H,4,6H2. The summed E-state index contributed by atoms with van der Waals surface area (Å²) in [6, 6.07) is 3.27. The third kappa shape index (κ3) is 1.70. The zero-order chi connectivity index (χ0) is 11.5. The highest BCUT2D eigenvalue weighted by atomic mass is 16.5. The summed E-state index contributed by atoms with van der Waals surface area (Å²) in [5.74, 6) is 0. The highest BCUT2D eigenvalue weighted by Gasteiger charge is 2.13. The summed E-state index contributed by atoms with van der Waals surface area (Å²) in [6.07, 6.45) is 2.82. The Kier molecular flexibility index (Phi) is 2.74. The number of fused-ring (bicyclic) bond motifs is 1. The third-order valence-electron chi connectivity index (χ3n) is 2.22. The number of aliphatic hydroxyl groups is 1. The van der Waals surface area contributed by atoms with Gasteiger partial charge in [-0.3, -0.25) is 10.4 Å². The minimum Gasteiger partial charge on any atom is -0.428 e. The average molecular weight is 220 g/mol. The molecule has 1 heterocycles. The van der Waals surface area contributed by atoms with Gasteiger partial charge in [-0.1, -0.05) is 0 Å². The topological polar surface area (TPSA) is 94.2 Å². The molecule has 0 saturated carbocycles. The van der Waals surface area contributed by atoms with E-state index in [-0.39, 0.29) is 12.0 Å². The van der Waals surface area contributed by atoms with Crippen LogP contribution in [0.2, 0.25) is 0 Å². The van der Waals surface area contributed by atoms with Crippen LogP contribution in [-0.2, 0) is 0 Å². The Balaban J connectivity index is 2.59. The second-order valence-electron chi connectivity index (χ2n) is 3.28. The predicted molar refractivity (Wildman–Crippen MR) is 57.5 cm³/mol. The van der Waals surface area contributed by atoms with E-state index < -0.39 is 0 Å². The number of aromatic nitrogens is 2. The van der Waals surface area contributed by atoms with Crippen molar-refractivity contribution in [2.75, 3.05) is 18.5 Å². The second kappa shape index (κ2) is 4.19. The third-order valence-corrected chi connectivity index (χ3v) is 2.22. The molecule has 0 bridgehead atoms. The van der Waals surface area contributed by atoms with Crippen LogP contribution in [0.3, 0.4) is 0 Å². The van der Waals surface area contributed by atoms with Crippen molar-refractivity contribution in [3.8, 4) is 11.4 Å². The number of hydrogen-bond acceptors (Lipinski definition) is 5. The van der Waals surface area contributed by atoms with Crippen LogP contribution in [-0.4, -0.2) is 33.2 Å². The van der Waals surface area contributed by atoms with Crippen molar-refractivity contribution >= 4 is 5.69 Å². The molecule has 4 N–H and O–H groups in total. The Labute approximate surface area is 91.6 Å². The van der Waals surface area contributed by atoms with Crippen LogP contribution in [0.15, 0.2) is 24.5 Å². The smallest absolute Gasteiger partial charge is 0.130 e. The maximum absolute atomic E-state index is 9.67. The molecule has 0 aromatic carbocycles. The summed E-state index contributed by atoms with van der Waals surface area (Å²) in [5, 5.41) is 29.3. The maximum atomic E-state index is 9.67. The van der Waals surface area contributed by atoms with Crippen molar-refractivity contribution in [2.24, 2.45) is 0 Å². The van der Waals surface area contributed by atoms with Gasteiger partial charge in [0, 0.05) is 12.7 Å². The SMILES string of the molecule is N=c1ccc(NCCO)c2n(O)ccnc1-2. The van der Waals surface area contributed by atoms with Crippen LogP contribution >= 0.6 is 0 Å². The lowest BCUT2D eigenvalue weighted by molar-refractivity contribution is 0.188. The predicted octanol–water partition coefficient (Wildman–Crippen LogP) is 0.109. The lowest BCUT2D eigenvalue weighted by Gasteiger charge is -2.14. The molecule has 0 fully saturated rings. The van der Waals surface area contributed by atoms with E-state index in [4.69, 9.17) is 10.5 Å². The van der Waals surface area contributed by atoms with Gasteiger partial charge in [-0.05, 0) is 12.1 Å². The van der Waals surface area contributed by atoms with Crippen molar-refractivity contribution in [2.45, 2.75) is 0 Å². The van der Waals surface area contributed by atoms with Gasteiger partial charge in [0.1, 0.15) is 11.4 Å². The van der Waals surface area contributed by atoms with Crippen molar-refractivity contribution in [3.05, 3.63) is 29.9 Å². The fraction of sp³-hybridized carbons (Fsp3) is 0.200. The molecule has 0 radical (unpaired) electrons. The van der Waals surface area contributed by atoms with Crippen molar-refractivity contribution in [1.29, 1.82) is 5.41 Å². The summed E-state index contributed by atoms with van der Waals surface area (Å²) in [7, 11) is 0. The summed E-state index contributed by atoms with van der Waals surface area (Å²) in [6.45, 7) is 0.372. The summed E-state index contributed by atoms with van der Waals surface area (Å²) in [5.41, 5.74) is 1.48. The fourth-order valence-electron chi connectivity index (χ4n) is 1.52. The first kappa shape index (κ1) is 10.4. The number of hydrogen-bond donors (Lipinski definition) is 4. The number of rotatable bonds is 3. The maximum Gasteiger partial charge on any atom is 0.130 e. The molecule has 2 aliphatic rings. The van der Waals surface area contributed by atoms with E-state index in [2.05, 4.69) is 10.3 Å². The number of nitrogens with zero attached hydrogens (tertiary/aromatic N) is 2. The van der Waals surface area contributed by atoms with E-state index in [9.17, 15) is 5.21 Å². The molecule has 16 heavy (non-hydrogen) atoms. The van der Waals surface area contributed by atoms with E-state index in [1.54, 1.807) is 12.1 Å². The molecule has 0 aromatic rings. The Morgan fingerprint density at radius 2 is 2.25 bits per heavy atom. The van der Waals surface area contributed by atoms with Crippen molar-refractivity contribution in [3.63, 3.8) is 0 Å². The van der Waals surface area contributed by atoms with Gasteiger partial charge in [0.05, 0.1) is 23.8 Å². The highest BCUT2D eigenvalue weighted by Crippen LogP contribution is 2.23. The molecule has 2 rings (SSSR count). The van der Waals surface area contributed by atoms with E-state index in [0.717, 1.165) is 4.73 Å². The molecule has 1 aliphatic heterocycles. The Morgan fingerprint density at radius 1 is 1.44 bits per heavy atom. The van der Waals surface area contributed by atoms with Gasteiger partial charge >= 0.3 is 0 Å². The van der Waals surface area contributed by atoms with Crippen LogP contribution < -0.4 is 10.7 Å². The minimum absolute atomic E-state index is 0.00416. The number of nitrogens with one attached hydrogen (secondary N) is 2. The molecule has 0 unspecified atom stereocenters. The van der Waals surface area contributed by atoms with Gasteiger partial charge in [0.25, 0.3) is 0 Å².